The lowest BCUT2D eigenvalue weighted by atomic mass is 9.89. The summed E-state index contributed by atoms with van der Waals surface area (Å²) < 4.78 is 7.72. The lowest BCUT2D eigenvalue weighted by Crippen LogP contribution is -2.22. The van der Waals surface area contributed by atoms with E-state index in [1.807, 2.05) is 11.0 Å². The van der Waals surface area contributed by atoms with Crippen molar-refractivity contribution in [2.45, 2.75) is 139 Å². The summed E-state index contributed by atoms with van der Waals surface area (Å²) in [7, 11) is 0. The zero-order valence-corrected chi connectivity index (χ0v) is 25.7. The van der Waals surface area contributed by atoms with Gasteiger partial charge >= 0.3 is 0 Å². The Balaban J connectivity index is 0.000000235. The summed E-state index contributed by atoms with van der Waals surface area (Å²) in [5.41, 5.74) is 4.28. The van der Waals surface area contributed by atoms with Crippen molar-refractivity contribution in [2.75, 3.05) is 6.61 Å². The van der Waals surface area contributed by atoms with Crippen LogP contribution in [0.5, 0.6) is 0 Å². The standard InChI is InChI=1S/C14H27N3.C14H22N2O.C3H8/c1-13(2,3)10-8-7-9-12-11-17(16-15-12)14(4,5)6;1-9(2)17-7-12-10-3-5-13-14(16-8-15-13)6-4-11(10)12;1-3-2/h11H,7-10H2,1-6H3;8-12H,3-7H2,1-2H3,(H,15,16);3H2,1-2H3. The third-order valence-electron chi connectivity index (χ3n) is 7.22. The van der Waals surface area contributed by atoms with Gasteiger partial charge < -0.3 is 9.72 Å². The Labute approximate surface area is 227 Å². The van der Waals surface area contributed by atoms with Gasteiger partial charge in [-0.05, 0) is 103 Å². The fourth-order valence-electron chi connectivity index (χ4n) is 5.03. The van der Waals surface area contributed by atoms with Gasteiger partial charge in [-0.25, -0.2) is 9.67 Å². The summed E-state index contributed by atoms with van der Waals surface area (Å²) >= 11 is 0. The van der Waals surface area contributed by atoms with Crippen LogP contribution in [0.3, 0.4) is 0 Å². The minimum Gasteiger partial charge on any atom is -0.378 e. The molecule has 6 heteroatoms. The number of aromatic nitrogens is 5. The number of aromatic amines is 1. The maximum Gasteiger partial charge on any atom is 0.0925 e. The van der Waals surface area contributed by atoms with Gasteiger partial charge in [-0.2, -0.15) is 0 Å². The largest absolute Gasteiger partial charge is 0.378 e. The molecule has 2 aromatic heterocycles. The third-order valence-corrected chi connectivity index (χ3v) is 7.22. The molecule has 0 aliphatic heterocycles. The average Bonchev–Trinajstić information content (AvgIpc) is 3.10. The number of aryl methyl sites for hydroxylation is 3. The predicted molar refractivity (Wildman–Crippen MR) is 155 cm³/mol. The Kier molecular flexibility index (Phi) is 12.3. The van der Waals surface area contributed by atoms with Crippen LogP contribution in [0.2, 0.25) is 0 Å². The highest BCUT2D eigenvalue weighted by Gasteiger charge is 2.49. The summed E-state index contributed by atoms with van der Waals surface area (Å²) in [5.74, 6) is 2.63. The fourth-order valence-corrected chi connectivity index (χ4v) is 5.03. The number of imidazole rings is 1. The van der Waals surface area contributed by atoms with Crippen molar-refractivity contribution in [3.8, 4) is 0 Å². The lowest BCUT2D eigenvalue weighted by molar-refractivity contribution is 0.0656. The molecule has 0 aromatic carbocycles. The van der Waals surface area contributed by atoms with Gasteiger partial charge in [0.2, 0.25) is 0 Å². The van der Waals surface area contributed by atoms with Crippen LogP contribution in [-0.4, -0.2) is 37.7 Å². The van der Waals surface area contributed by atoms with Crippen LogP contribution in [0.15, 0.2) is 12.5 Å². The van der Waals surface area contributed by atoms with E-state index in [0.717, 1.165) is 42.9 Å². The Bertz CT molecular complexity index is 858. The first-order valence-electron chi connectivity index (χ1n) is 14.9. The zero-order valence-electron chi connectivity index (χ0n) is 25.7. The van der Waals surface area contributed by atoms with Crippen molar-refractivity contribution in [3.05, 3.63) is 29.6 Å². The van der Waals surface area contributed by atoms with Crippen molar-refractivity contribution in [2.24, 2.45) is 23.2 Å². The van der Waals surface area contributed by atoms with Crippen LogP contribution < -0.4 is 0 Å². The van der Waals surface area contributed by atoms with Crippen molar-refractivity contribution in [1.82, 2.24) is 25.0 Å². The summed E-state index contributed by atoms with van der Waals surface area (Å²) in [6, 6.07) is 0. The van der Waals surface area contributed by atoms with E-state index in [4.69, 9.17) is 4.74 Å². The van der Waals surface area contributed by atoms with Gasteiger partial charge in [0.25, 0.3) is 0 Å². The highest BCUT2D eigenvalue weighted by Crippen LogP contribution is 2.52. The highest BCUT2D eigenvalue weighted by atomic mass is 16.5. The molecule has 6 nitrogen and oxygen atoms in total. The Hall–Kier alpha value is -1.69. The van der Waals surface area contributed by atoms with Gasteiger partial charge in [0, 0.05) is 11.9 Å². The van der Waals surface area contributed by atoms with Crippen LogP contribution in [0.25, 0.3) is 0 Å². The van der Waals surface area contributed by atoms with E-state index >= 15 is 0 Å². The SMILES string of the molecule is CC(C)(C)CCCCc1cn(C(C)(C)C)nn1.CC(C)OCC1C2CCc3nc[nH]c3CCC21.CCC. The number of hydrogen-bond acceptors (Lipinski definition) is 4. The molecule has 37 heavy (non-hydrogen) atoms. The highest BCUT2D eigenvalue weighted by molar-refractivity contribution is 5.15. The number of hydrogen-bond donors (Lipinski definition) is 1. The molecule has 0 bridgehead atoms. The monoisotopic (exact) mass is 515 g/mol. The first-order valence-corrected chi connectivity index (χ1v) is 14.9. The summed E-state index contributed by atoms with van der Waals surface area (Å²) in [5, 5.41) is 8.41. The molecule has 1 fully saturated rings. The van der Waals surface area contributed by atoms with E-state index in [-0.39, 0.29) is 5.54 Å². The molecule has 2 aromatic rings. The Morgan fingerprint density at radius 3 is 2.24 bits per heavy atom. The van der Waals surface area contributed by atoms with Crippen LogP contribution >= 0.6 is 0 Å². The molecule has 0 radical (unpaired) electrons. The number of H-pyrrole nitrogens is 1. The molecule has 1 N–H and O–H groups in total. The molecule has 0 amide bonds. The summed E-state index contributed by atoms with van der Waals surface area (Å²) in [6.07, 6.45) is 15.3. The number of rotatable bonds is 7. The van der Waals surface area contributed by atoms with E-state index in [9.17, 15) is 0 Å². The molecular formula is C31H57N5O. The van der Waals surface area contributed by atoms with Crippen molar-refractivity contribution >= 4 is 0 Å². The number of ether oxygens (including phenoxy) is 1. The molecule has 2 aliphatic carbocycles. The van der Waals surface area contributed by atoms with Crippen molar-refractivity contribution < 1.29 is 4.74 Å². The molecule has 2 aliphatic rings. The molecule has 0 spiro atoms. The van der Waals surface area contributed by atoms with Gasteiger partial charge in [-0.15, -0.1) is 5.10 Å². The smallest absolute Gasteiger partial charge is 0.0925 e. The van der Waals surface area contributed by atoms with Gasteiger partial charge in [-0.1, -0.05) is 52.7 Å². The maximum absolute atomic E-state index is 5.77. The molecule has 2 heterocycles. The van der Waals surface area contributed by atoms with Crippen LogP contribution in [0.4, 0.5) is 0 Å². The second kappa shape index (κ2) is 14.5. The molecule has 3 unspecified atom stereocenters. The summed E-state index contributed by atoms with van der Waals surface area (Å²) in [4.78, 5) is 7.71. The first kappa shape index (κ1) is 31.5. The number of nitrogens with zero attached hydrogens (tertiary/aromatic N) is 4. The minimum atomic E-state index is 0.0384. The lowest BCUT2D eigenvalue weighted by Gasteiger charge is -2.17. The Morgan fingerprint density at radius 1 is 1.03 bits per heavy atom. The summed E-state index contributed by atoms with van der Waals surface area (Å²) in [6.45, 7) is 22.8. The van der Waals surface area contributed by atoms with Crippen LogP contribution in [0, 0.1) is 23.2 Å². The normalized spacial score (nSPS) is 21.0. The topological polar surface area (TPSA) is 68.6 Å². The van der Waals surface area contributed by atoms with E-state index in [1.165, 1.54) is 56.3 Å². The van der Waals surface area contributed by atoms with E-state index in [1.54, 1.807) is 0 Å². The molecule has 212 valence electrons. The van der Waals surface area contributed by atoms with E-state index in [0.29, 0.717) is 11.5 Å². The predicted octanol–water partition coefficient (Wildman–Crippen LogP) is 7.78. The minimum absolute atomic E-state index is 0.0384. The number of fused-ring (bicyclic) bond motifs is 2. The van der Waals surface area contributed by atoms with Gasteiger partial charge in [0.1, 0.15) is 0 Å². The van der Waals surface area contributed by atoms with Crippen LogP contribution in [0.1, 0.15) is 125 Å². The van der Waals surface area contributed by atoms with Crippen molar-refractivity contribution in [3.63, 3.8) is 0 Å². The first-order chi connectivity index (χ1) is 17.4. The van der Waals surface area contributed by atoms with E-state index < -0.39 is 0 Å². The fraction of sp³-hybridized carbons (Fsp3) is 0.839. The quantitative estimate of drug-likeness (QED) is 0.382. The maximum atomic E-state index is 5.77. The van der Waals surface area contributed by atoms with Gasteiger partial charge in [-0.3, -0.25) is 0 Å². The molecule has 4 rings (SSSR count). The molecule has 1 saturated carbocycles. The molecule has 0 saturated heterocycles. The van der Waals surface area contributed by atoms with Gasteiger partial charge in [0.15, 0.2) is 0 Å². The zero-order chi connectivity index (χ0) is 27.6. The van der Waals surface area contributed by atoms with Crippen molar-refractivity contribution in [1.29, 1.82) is 0 Å². The van der Waals surface area contributed by atoms with Gasteiger partial charge in [0.05, 0.1) is 36.0 Å². The second-order valence-electron chi connectivity index (χ2n) is 13.6. The van der Waals surface area contributed by atoms with E-state index in [2.05, 4.69) is 95.7 Å². The number of nitrogens with one attached hydrogen (secondary N) is 1. The Morgan fingerprint density at radius 2 is 1.68 bits per heavy atom. The third kappa shape index (κ3) is 11.3. The molecular weight excluding hydrogens is 458 g/mol. The second-order valence-corrected chi connectivity index (χ2v) is 13.6. The number of unbranched alkanes of at least 4 members (excludes halogenated alkanes) is 1. The average molecular weight is 516 g/mol. The van der Waals surface area contributed by atoms with Crippen LogP contribution in [-0.2, 0) is 29.5 Å². The molecule has 3 atom stereocenters.